The summed E-state index contributed by atoms with van der Waals surface area (Å²) in [6.45, 7) is 6.26. The lowest BCUT2D eigenvalue weighted by molar-refractivity contribution is -0.167. The maximum atomic E-state index is 12.8. The van der Waals surface area contributed by atoms with E-state index in [2.05, 4.69) is 45.1 Å². The highest BCUT2D eigenvalue weighted by Gasteiger charge is 2.19. The monoisotopic (exact) mass is 883 g/mol. The second-order valence-corrected chi connectivity index (χ2v) is 16.2. The van der Waals surface area contributed by atoms with Crippen molar-refractivity contribution < 1.29 is 28.6 Å². The van der Waals surface area contributed by atoms with Crippen LogP contribution < -0.4 is 0 Å². The highest BCUT2D eigenvalue weighted by Crippen LogP contribution is 2.14. The lowest BCUT2D eigenvalue weighted by atomic mass is 10.0. The average Bonchev–Trinajstić information content (AvgIpc) is 3.29. The van der Waals surface area contributed by atoms with Gasteiger partial charge in [-0.15, -0.1) is 0 Å². The summed E-state index contributed by atoms with van der Waals surface area (Å²) in [5.41, 5.74) is 0. The molecule has 0 saturated heterocycles. The Hall–Kier alpha value is -4.45. The van der Waals surface area contributed by atoms with Gasteiger partial charge < -0.3 is 14.2 Å². The summed E-state index contributed by atoms with van der Waals surface area (Å²) >= 11 is 0. The molecule has 358 valence electrons. The number of carbonyl (C=O) groups is 3. The number of unbranched alkanes of at least 4 members (excludes halogenated alkanes) is 19. The predicted octanol–water partition coefficient (Wildman–Crippen LogP) is 16.7. The minimum Gasteiger partial charge on any atom is -0.462 e. The van der Waals surface area contributed by atoms with E-state index in [1.807, 2.05) is 109 Å². The van der Waals surface area contributed by atoms with Crippen LogP contribution in [0.2, 0.25) is 0 Å². The molecule has 0 heterocycles. The van der Waals surface area contributed by atoms with Gasteiger partial charge in [0.1, 0.15) is 13.2 Å². The summed E-state index contributed by atoms with van der Waals surface area (Å²) in [4.78, 5) is 38.0. The summed E-state index contributed by atoms with van der Waals surface area (Å²) in [6, 6.07) is 0. The molecule has 1 unspecified atom stereocenters. The zero-order valence-corrected chi connectivity index (χ0v) is 40.7. The van der Waals surface area contributed by atoms with Crippen LogP contribution >= 0.6 is 0 Å². The van der Waals surface area contributed by atoms with Gasteiger partial charge in [-0.05, 0) is 57.8 Å². The van der Waals surface area contributed by atoms with E-state index in [0.717, 1.165) is 77.0 Å². The van der Waals surface area contributed by atoms with Crippen molar-refractivity contribution in [2.75, 3.05) is 13.2 Å². The summed E-state index contributed by atoms with van der Waals surface area (Å²) in [5, 5.41) is 0. The minimum atomic E-state index is -0.822. The van der Waals surface area contributed by atoms with Gasteiger partial charge in [0.2, 0.25) is 0 Å². The fourth-order valence-electron chi connectivity index (χ4n) is 6.43. The van der Waals surface area contributed by atoms with Gasteiger partial charge in [-0.1, -0.05) is 251 Å². The quantitative estimate of drug-likeness (QED) is 0.0263. The molecule has 0 aliphatic heterocycles. The van der Waals surface area contributed by atoms with Crippen LogP contribution in [0.1, 0.15) is 194 Å². The molecule has 0 bridgehead atoms. The normalized spacial score (nSPS) is 13.2. The van der Waals surface area contributed by atoms with Crippen molar-refractivity contribution in [1.82, 2.24) is 0 Å². The first-order chi connectivity index (χ1) is 31.5. The molecule has 6 heteroatoms. The van der Waals surface area contributed by atoms with Gasteiger partial charge in [-0.25, -0.2) is 0 Å². The van der Waals surface area contributed by atoms with Crippen molar-refractivity contribution in [3.8, 4) is 0 Å². The van der Waals surface area contributed by atoms with Crippen LogP contribution in [0.5, 0.6) is 0 Å². The standard InChI is InChI=1S/C58H90O6/c1-4-7-10-13-16-19-22-25-28-29-31-33-36-39-42-45-48-51-57(60)63-54-55(53-62-56(59)50-47-44-41-38-35-32-27-24-21-18-15-12-9-6-3)64-58(61)52-49-46-43-40-37-34-30-26-23-20-17-14-11-8-5-2/h7-8,10-11,13-14,16-17,19-20,22-23,25-26,28-31,33-34,36-37,55H,4-6,9,12,15,18,21,24,27,32,35,38-54H2,1-3H3/b10-7-,11-8-,16-13-,17-14-,22-19-,23-20-,28-25-,30-26-,31-29+,36-33-,37-34-. The van der Waals surface area contributed by atoms with E-state index >= 15 is 0 Å². The summed E-state index contributed by atoms with van der Waals surface area (Å²) in [6.07, 6.45) is 71.4. The summed E-state index contributed by atoms with van der Waals surface area (Å²) in [5.74, 6) is -1.01. The van der Waals surface area contributed by atoms with Crippen molar-refractivity contribution in [2.24, 2.45) is 0 Å². The molecule has 0 saturated carbocycles. The van der Waals surface area contributed by atoms with Crippen LogP contribution in [0.3, 0.4) is 0 Å². The third kappa shape index (κ3) is 48.6. The molecule has 0 aliphatic carbocycles. The SMILES string of the molecule is CC\C=C/C=C\C=C/C=C\C=C/CCCCCC(=O)OC(COC(=O)CCCCC\C=C/C=C/C=C\C=C/C=C\C=C/CC)COC(=O)CCCCCCCCCCCCCCCC. The molecule has 0 N–H and O–H groups in total. The second kappa shape index (κ2) is 51.2. The van der Waals surface area contributed by atoms with E-state index in [1.165, 1.54) is 70.6 Å². The summed E-state index contributed by atoms with van der Waals surface area (Å²) < 4.78 is 16.7. The first kappa shape index (κ1) is 59.6. The Balaban J connectivity index is 4.58. The molecular weight excluding hydrogens is 793 g/mol. The van der Waals surface area contributed by atoms with Crippen LogP contribution in [0.15, 0.2) is 134 Å². The van der Waals surface area contributed by atoms with E-state index in [0.29, 0.717) is 19.3 Å². The fraction of sp³-hybridized carbons (Fsp3) is 0.569. The number of hydrogen-bond acceptors (Lipinski definition) is 6. The van der Waals surface area contributed by atoms with Gasteiger partial charge in [0.15, 0.2) is 6.10 Å². The van der Waals surface area contributed by atoms with Crippen molar-refractivity contribution >= 4 is 17.9 Å². The van der Waals surface area contributed by atoms with Crippen LogP contribution in [0.25, 0.3) is 0 Å². The van der Waals surface area contributed by atoms with Crippen molar-refractivity contribution in [3.63, 3.8) is 0 Å². The largest absolute Gasteiger partial charge is 0.462 e. The van der Waals surface area contributed by atoms with E-state index in [4.69, 9.17) is 14.2 Å². The van der Waals surface area contributed by atoms with Crippen LogP contribution in [0.4, 0.5) is 0 Å². The number of allylic oxidation sites excluding steroid dienone is 22. The Morgan fingerprint density at radius 3 is 0.953 bits per heavy atom. The molecule has 0 aliphatic rings. The number of rotatable bonds is 43. The lowest BCUT2D eigenvalue weighted by Gasteiger charge is -2.18. The fourth-order valence-corrected chi connectivity index (χ4v) is 6.43. The molecule has 6 nitrogen and oxygen atoms in total. The highest BCUT2D eigenvalue weighted by molar-refractivity contribution is 5.71. The number of carbonyl (C=O) groups excluding carboxylic acids is 3. The molecule has 0 aromatic rings. The van der Waals surface area contributed by atoms with E-state index in [9.17, 15) is 14.4 Å². The highest BCUT2D eigenvalue weighted by atomic mass is 16.6. The predicted molar refractivity (Wildman–Crippen MR) is 274 cm³/mol. The maximum Gasteiger partial charge on any atom is 0.306 e. The smallest absolute Gasteiger partial charge is 0.306 e. The maximum absolute atomic E-state index is 12.8. The molecule has 1 atom stereocenters. The number of esters is 3. The van der Waals surface area contributed by atoms with E-state index in [1.54, 1.807) is 0 Å². The van der Waals surface area contributed by atoms with E-state index in [-0.39, 0.29) is 37.5 Å². The number of hydrogen-bond donors (Lipinski definition) is 0. The van der Waals surface area contributed by atoms with Crippen LogP contribution in [-0.4, -0.2) is 37.2 Å². The topological polar surface area (TPSA) is 78.9 Å². The second-order valence-electron chi connectivity index (χ2n) is 16.2. The van der Waals surface area contributed by atoms with Gasteiger partial charge >= 0.3 is 17.9 Å². The van der Waals surface area contributed by atoms with Gasteiger partial charge in [-0.2, -0.15) is 0 Å². The van der Waals surface area contributed by atoms with E-state index < -0.39 is 6.10 Å². The van der Waals surface area contributed by atoms with Crippen LogP contribution in [0, 0.1) is 0 Å². The minimum absolute atomic E-state index is 0.113. The van der Waals surface area contributed by atoms with Gasteiger partial charge in [-0.3, -0.25) is 14.4 Å². The van der Waals surface area contributed by atoms with Crippen LogP contribution in [-0.2, 0) is 28.6 Å². The Bertz CT molecular complexity index is 1430. The molecule has 0 fully saturated rings. The third-order valence-electron chi connectivity index (χ3n) is 10.2. The molecule has 0 radical (unpaired) electrons. The Morgan fingerprint density at radius 1 is 0.328 bits per heavy atom. The molecule has 0 spiro atoms. The third-order valence-corrected chi connectivity index (χ3v) is 10.2. The average molecular weight is 883 g/mol. The molecule has 64 heavy (non-hydrogen) atoms. The van der Waals surface area contributed by atoms with Crippen molar-refractivity contribution in [3.05, 3.63) is 134 Å². The molecule has 0 aromatic heterocycles. The van der Waals surface area contributed by atoms with Crippen molar-refractivity contribution in [2.45, 2.75) is 200 Å². The molecule has 0 aromatic carbocycles. The Morgan fingerprint density at radius 2 is 0.609 bits per heavy atom. The Labute approximate surface area is 392 Å². The van der Waals surface area contributed by atoms with Crippen molar-refractivity contribution in [1.29, 1.82) is 0 Å². The summed E-state index contributed by atoms with van der Waals surface area (Å²) in [7, 11) is 0. The number of ether oxygens (including phenoxy) is 3. The molecule has 0 amide bonds. The zero-order valence-electron chi connectivity index (χ0n) is 40.7. The van der Waals surface area contributed by atoms with Gasteiger partial charge in [0.05, 0.1) is 0 Å². The lowest BCUT2D eigenvalue weighted by Crippen LogP contribution is -2.30. The first-order valence-corrected chi connectivity index (χ1v) is 25.3. The zero-order chi connectivity index (χ0) is 46.5. The first-order valence-electron chi connectivity index (χ1n) is 25.3. The van der Waals surface area contributed by atoms with Gasteiger partial charge in [0.25, 0.3) is 0 Å². The molecular formula is C58H90O6. The Kier molecular flexibility index (Phi) is 47.6. The molecule has 0 rings (SSSR count). The van der Waals surface area contributed by atoms with Gasteiger partial charge in [0, 0.05) is 19.3 Å².